The molecule has 1 aliphatic rings. The Bertz CT molecular complexity index is 461. The van der Waals surface area contributed by atoms with Crippen LogP contribution in [0.15, 0.2) is 40.6 Å². The zero-order chi connectivity index (χ0) is 12.8. The highest BCUT2D eigenvalue weighted by molar-refractivity contribution is 5.15. The Morgan fingerprint density at radius 2 is 1.61 bits per heavy atom. The molecule has 0 aliphatic carbocycles. The summed E-state index contributed by atoms with van der Waals surface area (Å²) in [7, 11) is 0. The summed E-state index contributed by atoms with van der Waals surface area (Å²) in [6.45, 7) is 2.03. The minimum Gasteiger partial charge on any atom is -0.298 e. The number of hydrogen-bond acceptors (Lipinski definition) is 3. The van der Waals surface area contributed by atoms with Gasteiger partial charge in [-0.3, -0.25) is 4.90 Å². The molecule has 2 rings (SSSR count). The number of hydrogen-bond donors (Lipinski definition) is 0. The largest absolute Gasteiger partial charge is 0.298 e. The van der Waals surface area contributed by atoms with Crippen LogP contribution in [0.1, 0.15) is 5.56 Å². The van der Waals surface area contributed by atoms with Crippen LogP contribution in [-0.2, 0) is 6.54 Å². The van der Waals surface area contributed by atoms with Crippen LogP contribution in [0, 0.1) is 0 Å². The standard InChI is InChI=1S/C11H13N7/c12-16-14-10-7-18(8-11(10)15-17-13)6-9-4-2-1-3-5-9/h1-5,10-11H,6-8H2/t10-,11-/m1/s1. The van der Waals surface area contributed by atoms with Crippen molar-refractivity contribution >= 4 is 0 Å². The van der Waals surface area contributed by atoms with Crippen LogP contribution in [0.5, 0.6) is 0 Å². The van der Waals surface area contributed by atoms with Gasteiger partial charge in [-0.1, -0.05) is 40.6 Å². The third-order valence-electron chi connectivity index (χ3n) is 2.98. The smallest absolute Gasteiger partial charge is 0.0598 e. The molecule has 0 spiro atoms. The molecule has 0 radical (unpaired) electrons. The molecule has 1 aromatic carbocycles. The van der Waals surface area contributed by atoms with Gasteiger partial charge < -0.3 is 0 Å². The Balaban J connectivity index is 2.04. The van der Waals surface area contributed by atoms with Gasteiger partial charge in [0.1, 0.15) is 0 Å². The van der Waals surface area contributed by atoms with E-state index in [2.05, 4.69) is 25.0 Å². The van der Waals surface area contributed by atoms with Crippen molar-refractivity contribution in [1.82, 2.24) is 4.90 Å². The number of azide groups is 2. The van der Waals surface area contributed by atoms with Crippen molar-refractivity contribution in [3.8, 4) is 0 Å². The van der Waals surface area contributed by atoms with E-state index in [9.17, 15) is 0 Å². The molecule has 2 atom stereocenters. The van der Waals surface area contributed by atoms with Gasteiger partial charge in [-0.15, -0.1) is 0 Å². The molecule has 1 aliphatic heterocycles. The van der Waals surface area contributed by atoms with Crippen molar-refractivity contribution in [3.05, 3.63) is 56.8 Å². The third-order valence-corrected chi connectivity index (χ3v) is 2.98. The monoisotopic (exact) mass is 243 g/mol. The number of likely N-dealkylation sites (tertiary alicyclic amines) is 1. The van der Waals surface area contributed by atoms with Crippen LogP contribution in [0.25, 0.3) is 20.9 Å². The van der Waals surface area contributed by atoms with Gasteiger partial charge in [-0.05, 0) is 16.6 Å². The SMILES string of the molecule is [N-]=[N+]=N[C@@H]1CN(Cc2ccccc2)C[C@H]1N=[N+]=[N-]. The summed E-state index contributed by atoms with van der Waals surface area (Å²) in [6, 6.07) is 9.50. The summed E-state index contributed by atoms with van der Waals surface area (Å²) >= 11 is 0. The summed E-state index contributed by atoms with van der Waals surface area (Å²) in [5.74, 6) is 0. The van der Waals surface area contributed by atoms with E-state index in [1.54, 1.807) is 0 Å². The molecular formula is C11H13N7. The minimum absolute atomic E-state index is 0.269. The first-order chi connectivity index (χ1) is 8.83. The van der Waals surface area contributed by atoms with Crippen molar-refractivity contribution in [3.63, 3.8) is 0 Å². The molecule has 92 valence electrons. The van der Waals surface area contributed by atoms with E-state index in [0.29, 0.717) is 13.1 Å². The van der Waals surface area contributed by atoms with Crippen LogP contribution in [0.4, 0.5) is 0 Å². The second kappa shape index (κ2) is 5.93. The van der Waals surface area contributed by atoms with Crippen molar-refractivity contribution < 1.29 is 0 Å². The van der Waals surface area contributed by atoms with Gasteiger partial charge >= 0.3 is 0 Å². The molecule has 0 bridgehead atoms. The zero-order valence-corrected chi connectivity index (χ0v) is 9.79. The Morgan fingerprint density at radius 1 is 1.06 bits per heavy atom. The van der Waals surface area contributed by atoms with Crippen LogP contribution in [0.3, 0.4) is 0 Å². The van der Waals surface area contributed by atoms with E-state index in [4.69, 9.17) is 11.1 Å². The molecular weight excluding hydrogens is 230 g/mol. The number of benzene rings is 1. The number of nitrogens with zero attached hydrogens (tertiary/aromatic N) is 7. The molecule has 0 saturated carbocycles. The maximum atomic E-state index is 8.49. The first kappa shape index (κ1) is 12.3. The lowest BCUT2D eigenvalue weighted by Gasteiger charge is -2.14. The zero-order valence-electron chi connectivity index (χ0n) is 9.79. The molecule has 0 amide bonds. The van der Waals surface area contributed by atoms with Crippen LogP contribution in [0.2, 0.25) is 0 Å². The van der Waals surface area contributed by atoms with Crippen molar-refractivity contribution in [1.29, 1.82) is 0 Å². The first-order valence-electron chi connectivity index (χ1n) is 5.68. The van der Waals surface area contributed by atoms with Gasteiger partial charge in [-0.2, -0.15) is 0 Å². The van der Waals surface area contributed by atoms with Crippen molar-refractivity contribution in [2.75, 3.05) is 13.1 Å². The fraction of sp³-hybridized carbons (Fsp3) is 0.455. The number of rotatable bonds is 4. The van der Waals surface area contributed by atoms with E-state index < -0.39 is 0 Å². The second-order valence-electron chi connectivity index (χ2n) is 4.22. The lowest BCUT2D eigenvalue weighted by Crippen LogP contribution is -2.20. The molecule has 7 nitrogen and oxygen atoms in total. The minimum atomic E-state index is -0.269. The second-order valence-corrected chi connectivity index (χ2v) is 4.22. The fourth-order valence-corrected chi connectivity index (χ4v) is 2.18. The molecule has 1 aromatic rings. The van der Waals surface area contributed by atoms with E-state index in [1.807, 2.05) is 30.3 Å². The van der Waals surface area contributed by atoms with Crippen LogP contribution >= 0.6 is 0 Å². The summed E-state index contributed by atoms with van der Waals surface area (Å²) < 4.78 is 0. The fourth-order valence-electron chi connectivity index (χ4n) is 2.18. The predicted octanol–water partition coefficient (Wildman–Crippen LogP) is 2.86. The van der Waals surface area contributed by atoms with Crippen LogP contribution in [-0.4, -0.2) is 30.1 Å². The highest BCUT2D eigenvalue weighted by Gasteiger charge is 2.31. The van der Waals surface area contributed by atoms with Crippen molar-refractivity contribution in [2.24, 2.45) is 10.2 Å². The normalized spacial score (nSPS) is 23.1. The topological polar surface area (TPSA) is 101 Å². The average Bonchev–Trinajstić information content (AvgIpc) is 2.74. The quantitative estimate of drug-likeness (QED) is 0.453. The van der Waals surface area contributed by atoms with Gasteiger partial charge in [-0.25, -0.2) is 0 Å². The van der Waals surface area contributed by atoms with Gasteiger partial charge in [0, 0.05) is 29.5 Å². The molecule has 1 heterocycles. The Kier molecular flexibility index (Phi) is 4.04. The highest BCUT2D eigenvalue weighted by atomic mass is 15.3. The molecule has 0 aromatic heterocycles. The highest BCUT2D eigenvalue weighted by Crippen LogP contribution is 2.19. The van der Waals surface area contributed by atoms with E-state index in [1.165, 1.54) is 5.56 Å². The van der Waals surface area contributed by atoms with Gasteiger partial charge in [0.25, 0.3) is 0 Å². The Morgan fingerprint density at radius 3 is 2.11 bits per heavy atom. The molecule has 7 heteroatoms. The maximum absolute atomic E-state index is 8.49. The Labute approximate surface area is 104 Å². The molecule has 1 saturated heterocycles. The van der Waals surface area contributed by atoms with E-state index >= 15 is 0 Å². The summed E-state index contributed by atoms with van der Waals surface area (Å²) in [5.41, 5.74) is 18.2. The van der Waals surface area contributed by atoms with Crippen LogP contribution < -0.4 is 0 Å². The Hall–Kier alpha value is -2.20. The maximum Gasteiger partial charge on any atom is 0.0598 e. The van der Waals surface area contributed by atoms with Gasteiger partial charge in [0.2, 0.25) is 0 Å². The lowest BCUT2D eigenvalue weighted by atomic mass is 10.2. The summed E-state index contributed by atoms with van der Waals surface area (Å²) in [6.07, 6.45) is 0. The molecule has 0 unspecified atom stereocenters. The summed E-state index contributed by atoms with van der Waals surface area (Å²) in [5, 5.41) is 7.38. The summed E-state index contributed by atoms with van der Waals surface area (Å²) in [4.78, 5) is 7.75. The molecule has 0 N–H and O–H groups in total. The van der Waals surface area contributed by atoms with Crippen molar-refractivity contribution in [2.45, 2.75) is 18.6 Å². The third kappa shape index (κ3) is 2.93. The van der Waals surface area contributed by atoms with Gasteiger partial charge in [0.05, 0.1) is 12.1 Å². The average molecular weight is 243 g/mol. The van der Waals surface area contributed by atoms with E-state index in [0.717, 1.165) is 6.54 Å². The van der Waals surface area contributed by atoms with E-state index in [-0.39, 0.29) is 12.1 Å². The molecule has 18 heavy (non-hydrogen) atoms. The lowest BCUT2D eigenvalue weighted by molar-refractivity contribution is 0.324. The molecule has 1 fully saturated rings. The van der Waals surface area contributed by atoms with Gasteiger partial charge in [0.15, 0.2) is 0 Å². The first-order valence-corrected chi connectivity index (χ1v) is 5.68. The predicted molar refractivity (Wildman–Crippen MR) is 67.6 cm³/mol.